The summed E-state index contributed by atoms with van der Waals surface area (Å²) in [7, 11) is 0. The molecule has 1 aliphatic heterocycles. The van der Waals surface area contributed by atoms with Crippen LogP contribution in [0.3, 0.4) is 0 Å². The fourth-order valence-electron chi connectivity index (χ4n) is 2.11. The zero-order valence-electron chi connectivity index (χ0n) is 15.5. The number of thiol groups is 2. The van der Waals surface area contributed by atoms with Crippen molar-refractivity contribution in [2.45, 2.75) is 17.4 Å². The number of hydrogen-bond acceptors (Lipinski definition) is 5. The van der Waals surface area contributed by atoms with E-state index in [2.05, 4.69) is 25.3 Å². The number of aldehydes is 1. The van der Waals surface area contributed by atoms with E-state index >= 15 is 0 Å². The van der Waals surface area contributed by atoms with Crippen molar-refractivity contribution in [1.82, 2.24) is 0 Å². The van der Waals surface area contributed by atoms with Gasteiger partial charge in [0.05, 0.1) is 4.58 Å². The van der Waals surface area contributed by atoms with Crippen molar-refractivity contribution >= 4 is 55.1 Å². The first-order valence-corrected chi connectivity index (χ1v) is 12.1. The first-order chi connectivity index (χ1) is 13.9. The van der Waals surface area contributed by atoms with E-state index in [9.17, 15) is 22.4 Å². The Hall–Kier alpha value is -0.770. The molecule has 3 rings (SSSR count). The molecule has 0 bridgehead atoms. The highest BCUT2D eigenvalue weighted by atomic mass is 32.2. The molecule has 1 aliphatic rings. The molecule has 0 aromatic heterocycles. The van der Waals surface area contributed by atoms with Gasteiger partial charge in [-0.05, 0) is 65.7 Å². The van der Waals surface area contributed by atoms with E-state index in [1.165, 1.54) is 18.6 Å². The Bertz CT molecular complexity index is 713. The van der Waals surface area contributed by atoms with Gasteiger partial charge in [-0.2, -0.15) is 25.3 Å². The molecule has 0 spiro atoms. The maximum Gasteiger partial charge on any atom is 0.150 e. The minimum Gasteiger partial charge on any atom is -0.298 e. The lowest BCUT2D eigenvalue weighted by atomic mass is 10.2. The summed E-state index contributed by atoms with van der Waals surface area (Å²) in [4.78, 5) is 9.98. The Morgan fingerprint density at radius 1 is 0.828 bits per heavy atom. The van der Waals surface area contributed by atoms with Crippen molar-refractivity contribution in [3.05, 3.63) is 70.8 Å². The number of hydrogen-bond donors (Lipinski definition) is 2. The van der Waals surface area contributed by atoms with Crippen LogP contribution in [-0.4, -0.2) is 29.3 Å². The van der Waals surface area contributed by atoms with E-state index in [-0.39, 0.29) is 10.1 Å². The summed E-state index contributed by atoms with van der Waals surface area (Å²) < 4.78 is 50.5. The van der Waals surface area contributed by atoms with Gasteiger partial charge in [0.1, 0.15) is 29.6 Å². The maximum atomic E-state index is 12.9. The second-order valence-corrected chi connectivity index (χ2v) is 9.37. The van der Waals surface area contributed by atoms with Gasteiger partial charge in [0, 0.05) is 17.7 Å². The average molecular weight is 483 g/mol. The van der Waals surface area contributed by atoms with Crippen LogP contribution in [-0.2, 0) is 0 Å². The third-order valence-corrected chi connectivity index (χ3v) is 6.97. The van der Waals surface area contributed by atoms with E-state index in [0.717, 1.165) is 53.2 Å². The number of halogens is 4. The Morgan fingerprint density at radius 3 is 1.66 bits per heavy atom. The number of benzene rings is 2. The summed E-state index contributed by atoms with van der Waals surface area (Å²) >= 11 is 11.4. The first-order valence-electron chi connectivity index (χ1n) is 8.71. The van der Waals surface area contributed by atoms with Crippen molar-refractivity contribution in [1.29, 1.82) is 0 Å². The minimum atomic E-state index is -0.734. The summed E-state index contributed by atoms with van der Waals surface area (Å²) in [6.45, 7) is 0. The van der Waals surface area contributed by atoms with Crippen molar-refractivity contribution in [3.63, 3.8) is 0 Å². The molecule has 0 aliphatic carbocycles. The quantitative estimate of drug-likeness (QED) is 0.282. The highest BCUT2D eigenvalue weighted by Gasteiger charge is 2.17. The third-order valence-electron chi connectivity index (χ3n) is 3.32. The molecular formula is C20H22F4OS4. The fourth-order valence-corrected chi connectivity index (χ4v) is 5.52. The molecule has 0 N–H and O–H groups in total. The molecule has 2 aromatic carbocycles. The summed E-state index contributed by atoms with van der Waals surface area (Å²) in [5.41, 5.74) is 0.773. The second-order valence-electron chi connectivity index (χ2n) is 5.75. The molecule has 1 saturated heterocycles. The smallest absolute Gasteiger partial charge is 0.150 e. The topological polar surface area (TPSA) is 17.1 Å². The Kier molecular flexibility index (Phi) is 13.7. The van der Waals surface area contributed by atoms with E-state index in [0.29, 0.717) is 12.4 Å². The molecule has 160 valence electrons. The molecule has 9 heteroatoms. The van der Waals surface area contributed by atoms with Crippen LogP contribution in [0, 0.1) is 23.3 Å². The third kappa shape index (κ3) is 11.3. The lowest BCUT2D eigenvalue weighted by molar-refractivity contribution is 0.112. The molecule has 29 heavy (non-hydrogen) atoms. The van der Waals surface area contributed by atoms with Crippen LogP contribution in [0.4, 0.5) is 17.6 Å². The van der Waals surface area contributed by atoms with Gasteiger partial charge in [0.25, 0.3) is 0 Å². The van der Waals surface area contributed by atoms with Crippen molar-refractivity contribution in [2.24, 2.45) is 0 Å². The van der Waals surface area contributed by atoms with E-state index < -0.39 is 23.3 Å². The van der Waals surface area contributed by atoms with Gasteiger partial charge in [-0.3, -0.25) is 4.79 Å². The van der Waals surface area contributed by atoms with Gasteiger partial charge in [-0.1, -0.05) is 0 Å². The van der Waals surface area contributed by atoms with Crippen LogP contribution in [0.5, 0.6) is 0 Å². The predicted octanol–water partition coefficient (Wildman–Crippen LogP) is 6.85. The van der Waals surface area contributed by atoms with Crippen molar-refractivity contribution in [3.8, 4) is 0 Å². The summed E-state index contributed by atoms with van der Waals surface area (Å²) in [6.07, 6.45) is 2.70. The van der Waals surface area contributed by atoms with Crippen LogP contribution >= 0.6 is 48.8 Å². The molecule has 0 amide bonds. The van der Waals surface area contributed by atoms with Crippen LogP contribution in [0.25, 0.3) is 0 Å². The largest absolute Gasteiger partial charge is 0.298 e. The number of rotatable bonds is 4. The average Bonchev–Trinajstić information content (AvgIpc) is 2.69. The SMILES string of the molecule is Fc1cc(F)cc(C2SCCCS2)c1.O=Cc1cc(F)cc(F)c1.SCCCS. The Morgan fingerprint density at radius 2 is 1.28 bits per heavy atom. The van der Waals surface area contributed by atoms with Crippen molar-refractivity contribution in [2.75, 3.05) is 23.0 Å². The fraction of sp³-hybridized carbons (Fsp3) is 0.350. The molecule has 0 unspecified atom stereocenters. The number of carbonyl (C=O) groups is 1. The van der Waals surface area contributed by atoms with Crippen LogP contribution in [0.2, 0.25) is 0 Å². The van der Waals surface area contributed by atoms with E-state index in [1.807, 2.05) is 0 Å². The van der Waals surface area contributed by atoms with Gasteiger partial charge in [-0.25, -0.2) is 17.6 Å². The highest BCUT2D eigenvalue weighted by molar-refractivity contribution is 8.16. The lowest BCUT2D eigenvalue weighted by Crippen LogP contribution is -2.01. The second kappa shape index (κ2) is 15.1. The zero-order chi connectivity index (χ0) is 21.6. The van der Waals surface area contributed by atoms with E-state index in [1.54, 1.807) is 23.5 Å². The van der Waals surface area contributed by atoms with Crippen molar-refractivity contribution < 1.29 is 22.4 Å². The standard InChI is InChI=1S/C10H10F2S2.C7H4F2O.C3H8S2/c11-8-4-7(5-9(12)6-8)10-13-2-1-3-14-10;8-6-1-5(4-10)2-7(9)3-6;4-2-1-3-5/h4-6,10H,1-3H2;1-4H;4-5H,1-3H2. The normalized spacial score (nSPS) is 13.6. The summed E-state index contributed by atoms with van der Waals surface area (Å²) in [5.74, 6) is 1.65. The van der Waals surface area contributed by atoms with Gasteiger partial charge < -0.3 is 0 Å². The lowest BCUT2D eigenvalue weighted by Gasteiger charge is -2.21. The highest BCUT2D eigenvalue weighted by Crippen LogP contribution is 2.43. The van der Waals surface area contributed by atoms with Crippen LogP contribution in [0.15, 0.2) is 36.4 Å². The molecule has 1 fully saturated rings. The van der Waals surface area contributed by atoms with E-state index in [4.69, 9.17) is 0 Å². The summed E-state index contributed by atoms with van der Waals surface area (Å²) in [5, 5.41) is 0. The molecule has 0 atom stereocenters. The minimum absolute atomic E-state index is 0.0116. The molecule has 1 heterocycles. The molecule has 0 saturated carbocycles. The van der Waals surface area contributed by atoms with Crippen LogP contribution < -0.4 is 0 Å². The molecule has 2 aromatic rings. The molecular weight excluding hydrogens is 460 g/mol. The Labute approximate surface area is 188 Å². The Balaban J connectivity index is 0.000000245. The molecule has 1 nitrogen and oxygen atoms in total. The zero-order valence-corrected chi connectivity index (χ0v) is 18.9. The van der Waals surface area contributed by atoms with Crippen LogP contribution in [0.1, 0.15) is 33.3 Å². The predicted molar refractivity (Wildman–Crippen MR) is 123 cm³/mol. The van der Waals surface area contributed by atoms with Gasteiger partial charge in [0.15, 0.2) is 0 Å². The first kappa shape index (κ1) is 26.3. The number of thioether (sulfide) groups is 2. The van der Waals surface area contributed by atoms with Gasteiger partial charge in [-0.15, -0.1) is 23.5 Å². The number of carbonyl (C=O) groups excluding carboxylic acids is 1. The summed E-state index contributed by atoms with van der Waals surface area (Å²) in [6, 6.07) is 6.43. The molecule has 0 radical (unpaired) electrons. The monoisotopic (exact) mass is 482 g/mol. The van der Waals surface area contributed by atoms with Gasteiger partial charge >= 0.3 is 0 Å². The maximum absolute atomic E-state index is 12.9. The van der Waals surface area contributed by atoms with Gasteiger partial charge in [0.2, 0.25) is 0 Å².